The Bertz CT molecular complexity index is 1410. The standard InChI is InChI=1S/C32H42N6O6/c1-20(2)13-24(28(39)32(5)18-43-32)34-30(41)26(15-22-9-7-6-8-10-22)36-29(40)25(14-21(3)4)35-31(42)27-16-23(44-37-27)17-38-12-11-33-19-38/h6-12,16,19-21,24-26H,13-15,17-18H2,1-5H3,(H,34,41)(H,35,42)(H,36,40)/t24-,25-,26-,32+/m0/s1. The minimum Gasteiger partial charge on any atom is -0.361 e. The molecular weight excluding hydrogens is 564 g/mol. The normalized spacial score (nSPS) is 18.0. The van der Waals surface area contributed by atoms with Crippen LogP contribution in [0.25, 0.3) is 0 Å². The predicted octanol–water partition coefficient (Wildman–Crippen LogP) is 2.68. The molecule has 236 valence electrons. The topological polar surface area (TPSA) is 161 Å². The SMILES string of the molecule is CC(C)C[C@H](NC(=O)c1cc(Cn2ccnc2)on1)C(=O)N[C@@H](Cc1ccccc1)C(=O)N[C@@H](CC(C)C)C(=O)[C@@]1(C)CO1. The third kappa shape index (κ3) is 9.09. The molecule has 0 saturated carbocycles. The van der Waals surface area contributed by atoms with Gasteiger partial charge < -0.3 is 29.8 Å². The van der Waals surface area contributed by atoms with Crippen molar-refractivity contribution in [3.8, 4) is 0 Å². The first-order chi connectivity index (χ1) is 20.9. The van der Waals surface area contributed by atoms with Gasteiger partial charge in [-0.2, -0.15) is 0 Å². The van der Waals surface area contributed by atoms with Crippen LogP contribution in [-0.2, 0) is 32.1 Å². The number of carbonyl (C=O) groups is 4. The number of ether oxygens (including phenoxy) is 1. The highest BCUT2D eigenvalue weighted by Crippen LogP contribution is 2.29. The van der Waals surface area contributed by atoms with Gasteiger partial charge in [0.25, 0.3) is 5.91 Å². The van der Waals surface area contributed by atoms with E-state index in [1.165, 1.54) is 6.07 Å². The summed E-state index contributed by atoms with van der Waals surface area (Å²) in [5.74, 6) is -1.13. The molecular formula is C32H42N6O6. The zero-order valence-electron chi connectivity index (χ0n) is 25.9. The lowest BCUT2D eigenvalue weighted by Gasteiger charge is -2.27. The molecule has 3 amide bonds. The van der Waals surface area contributed by atoms with E-state index in [0.717, 1.165) is 5.56 Å². The maximum Gasteiger partial charge on any atom is 0.274 e. The van der Waals surface area contributed by atoms with E-state index in [0.29, 0.717) is 31.8 Å². The summed E-state index contributed by atoms with van der Waals surface area (Å²) in [6.07, 6.45) is 5.96. The molecule has 3 N–H and O–H groups in total. The highest BCUT2D eigenvalue weighted by Gasteiger charge is 2.50. The van der Waals surface area contributed by atoms with Crippen molar-refractivity contribution < 1.29 is 28.4 Å². The molecule has 0 aliphatic carbocycles. The number of aromatic nitrogens is 3. The Balaban J connectivity index is 1.49. The molecule has 0 radical (unpaired) electrons. The van der Waals surface area contributed by atoms with Crippen molar-refractivity contribution in [1.29, 1.82) is 0 Å². The molecule has 1 fully saturated rings. The number of amides is 3. The maximum absolute atomic E-state index is 13.7. The molecule has 1 saturated heterocycles. The van der Waals surface area contributed by atoms with E-state index >= 15 is 0 Å². The Morgan fingerprint density at radius 1 is 0.932 bits per heavy atom. The molecule has 2 aromatic heterocycles. The zero-order valence-corrected chi connectivity index (χ0v) is 25.9. The van der Waals surface area contributed by atoms with E-state index in [1.54, 1.807) is 30.2 Å². The Hall–Kier alpha value is -4.32. The van der Waals surface area contributed by atoms with Crippen molar-refractivity contribution in [3.63, 3.8) is 0 Å². The monoisotopic (exact) mass is 606 g/mol. The third-order valence-electron chi connectivity index (χ3n) is 7.37. The Morgan fingerprint density at radius 3 is 2.18 bits per heavy atom. The van der Waals surface area contributed by atoms with Gasteiger partial charge in [-0.15, -0.1) is 0 Å². The molecule has 4 atom stereocenters. The molecule has 0 bridgehead atoms. The molecule has 0 spiro atoms. The van der Waals surface area contributed by atoms with Gasteiger partial charge >= 0.3 is 0 Å². The summed E-state index contributed by atoms with van der Waals surface area (Å²) >= 11 is 0. The molecule has 3 aromatic rings. The number of hydrogen-bond acceptors (Lipinski definition) is 8. The number of epoxide rings is 1. The van der Waals surface area contributed by atoms with E-state index in [2.05, 4.69) is 26.1 Å². The van der Waals surface area contributed by atoms with Gasteiger partial charge in [0.1, 0.15) is 17.7 Å². The minimum absolute atomic E-state index is 0.0334. The van der Waals surface area contributed by atoms with Crippen LogP contribution < -0.4 is 16.0 Å². The van der Waals surface area contributed by atoms with Gasteiger partial charge in [0.05, 0.1) is 25.5 Å². The van der Waals surface area contributed by atoms with Crippen LogP contribution in [0.3, 0.4) is 0 Å². The van der Waals surface area contributed by atoms with Crippen LogP contribution in [0.15, 0.2) is 59.6 Å². The second kappa shape index (κ2) is 14.4. The van der Waals surface area contributed by atoms with E-state index in [4.69, 9.17) is 9.26 Å². The molecule has 4 rings (SSSR count). The molecule has 1 aliphatic heterocycles. The van der Waals surface area contributed by atoms with Crippen LogP contribution in [0.4, 0.5) is 0 Å². The van der Waals surface area contributed by atoms with Crippen LogP contribution in [0.1, 0.15) is 69.3 Å². The van der Waals surface area contributed by atoms with Crippen molar-refractivity contribution in [2.24, 2.45) is 11.8 Å². The second-order valence-corrected chi connectivity index (χ2v) is 12.4. The number of Topliss-reactive ketones (excluding diaryl/α,β-unsaturated/α-hetero) is 1. The smallest absolute Gasteiger partial charge is 0.274 e. The number of carbonyl (C=O) groups excluding carboxylic acids is 4. The Morgan fingerprint density at radius 2 is 1.57 bits per heavy atom. The first-order valence-electron chi connectivity index (χ1n) is 15.0. The van der Waals surface area contributed by atoms with Crippen LogP contribution in [0.2, 0.25) is 0 Å². The number of rotatable bonds is 16. The molecule has 0 unspecified atom stereocenters. The summed E-state index contributed by atoms with van der Waals surface area (Å²) in [6.45, 7) is 10.2. The molecule has 3 heterocycles. The molecule has 1 aliphatic rings. The van der Waals surface area contributed by atoms with E-state index < -0.39 is 41.4 Å². The van der Waals surface area contributed by atoms with Crippen LogP contribution >= 0.6 is 0 Å². The number of ketones is 1. The van der Waals surface area contributed by atoms with Crippen molar-refractivity contribution in [1.82, 2.24) is 30.7 Å². The molecule has 12 nitrogen and oxygen atoms in total. The van der Waals surface area contributed by atoms with Gasteiger partial charge in [-0.3, -0.25) is 19.2 Å². The summed E-state index contributed by atoms with van der Waals surface area (Å²) in [6, 6.07) is 8.09. The first-order valence-corrected chi connectivity index (χ1v) is 15.0. The summed E-state index contributed by atoms with van der Waals surface area (Å²) < 4.78 is 12.4. The summed E-state index contributed by atoms with van der Waals surface area (Å²) in [7, 11) is 0. The summed E-state index contributed by atoms with van der Waals surface area (Å²) in [4.78, 5) is 57.7. The lowest BCUT2D eigenvalue weighted by atomic mass is 9.93. The lowest BCUT2D eigenvalue weighted by molar-refractivity contribution is -0.133. The average molecular weight is 607 g/mol. The fourth-order valence-corrected chi connectivity index (χ4v) is 4.92. The fourth-order valence-electron chi connectivity index (χ4n) is 4.92. The highest BCUT2D eigenvalue weighted by atomic mass is 16.6. The van der Waals surface area contributed by atoms with Gasteiger partial charge in [0.15, 0.2) is 17.2 Å². The van der Waals surface area contributed by atoms with E-state index in [9.17, 15) is 19.2 Å². The van der Waals surface area contributed by atoms with Crippen LogP contribution in [-0.4, -0.2) is 68.5 Å². The quantitative estimate of drug-likeness (QED) is 0.210. The fraction of sp³-hybridized carbons (Fsp3) is 0.500. The third-order valence-corrected chi connectivity index (χ3v) is 7.37. The second-order valence-electron chi connectivity index (χ2n) is 12.4. The number of hydrogen-bond donors (Lipinski definition) is 3. The minimum atomic E-state index is -0.999. The van der Waals surface area contributed by atoms with Crippen LogP contribution in [0, 0.1) is 11.8 Å². The highest BCUT2D eigenvalue weighted by molar-refractivity contribution is 5.99. The largest absolute Gasteiger partial charge is 0.361 e. The van der Waals surface area contributed by atoms with E-state index in [1.807, 2.05) is 58.0 Å². The van der Waals surface area contributed by atoms with Crippen LogP contribution in [0.5, 0.6) is 0 Å². The van der Waals surface area contributed by atoms with Crippen molar-refractivity contribution in [2.75, 3.05) is 6.61 Å². The number of nitrogens with zero attached hydrogens (tertiary/aromatic N) is 3. The van der Waals surface area contributed by atoms with Gasteiger partial charge in [0, 0.05) is 24.9 Å². The molecule has 44 heavy (non-hydrogen) atoms. The van der Waals surface area contributed by atoms with Crippen molar-refractivity contribution in [3.05, 3.63) is 72.1 Å². The first kappa shape index (κ1) is 32.6. The van der Waals surface area contributed by atoms with Gasteiger partial charge in [-0.05, 0) is 37.2 Å². The predicted molar refractivity (Wildman–Crippen MR) is 161 cm³/mol. The van der Waals surface area contributed by atoms with Gasteiger partial charge in [0.2, 0.25) is 11.8 Å². The Labute approximate surface area is 257 Å². The zero-order chi connectivity index (χ0) is 31.9. The van der Waals surface area contributed by atoms with Gasteiger partial charge in [-0.25, -0.2) is 4.98 Å². The van der Waals surface area contributed by atoms with E-state index in [-0.39, 0.29) is 29.7 Å². The molecule has 1 aromatic carbocycles. The summed E-state index contributed by atoms with van der Waals surface area (Å²) in [5.41, 5.74) is -0.0436. The van der Waals surface area contributed by atoms with Crippen molar-refractivity contribution >= 4 is 23.5 Å². The maximum atomic E-state index is 13.7. The molecule has 12 heteroatoms. The number of nitrogens with one attached hydrogen (secondary N) is 3. The Kier molecular flexibility index (Phi) is 10.7. The average Bonchev–Trinajstić information content (AvgIpc) is 3.33. The lowest BCUT2D eigenvalue weighted by Crippen LogP contribution is -2.57. The summed E-state index contributed by atoms with van der Waals surface area (Å²) in [5, 5.41) is 12.4. The van der Waals surface area contributed by atoms with Crippen molar-refractivity contribution in [2.45, 2.75) is 84.2 Å². The number of imidazole rings is 1. The van der Waals surface area contributed by atoms with Gasteiger partial charge in [-0.1, -0.05) is 63.2 Å². The number of benzene rings is 1.